The predicted octanol–water partition coefficient (Wildman–Crippen LogP) is 1.73. The maximum Gasteiger partial charge on any atom is 0.333 e. The number of carbonyl (C=O) groups is 3. The molecule has 13 heteroatoms. The van der Waals surface area contributed by atoms with Crippen molar-refractivity contribution in [1.29, 1.82) is 0 Å². The van der Waals surface area contributed by atoms with Crippen LogP contribution in [0.25, 0.3) is 0 Å². The zero-order valence-corrected chi connectivity index (χ0v) is 24.6. The van der Waals surface area contributed by atoms with E-state index in [0.717, 1.165) is 21.7 Å². The van der Waals surface area contributed by atoms with Crippen molar-refractivity contribution in [2.24, 2.45) is 5.73 Å². The Hall–Kier alpha value is -4.77. The number of benzene rings is 2. The Labute approximate surface area is 259 Å². The summed E-state index contributed by atoms with van der Waals surface area (Å²) in [5, 5.41) is 18.9. The number of aromatic nitrogens is 1. The summed E-state index contributed by atoms with van der Waals surface area (Å²) in [6.45, 7) is 0.507. The number of aromatic hydroxyl groups is 1. The van der Waals surface area contributed by atoms with Gasteiger partial charge in [-0.1, -0.05) is 60.1 Å². The maximum atomic E-state index is 14.1. The van der Waals surface area contributed by atoms with E-state index in [1.165, 1.54) is 29.0 Å². The number of hydrogen-bond donors (Lipinski definition) is 4. The highest BCUT2D eigenvalue weighted by atomic mass is 32.2. The number of hydrazine groups is 1. The van der Waals surface area contributed by atoms with Crippen molar-refractivity contribution < 1.29 is 19.5 Å². The number of nitrogens with zero attached hydrogens (tertiary/aromatic N) is 5. The first kappa shape index (κ1) is 29.3. The Kier molecular flexibility index (Phi) is 8.30. The van der Waals surface area contributed by atoms with Gasteiger partial charge in [0.15, 0.2) is 0 Å². The fourth-order valence-corrected chi connectivity index (χ4v) is 6.76. The minimum absolute atomic E-state index is 0.000370. The molecule has 44 heavy (non-hydrogen) atoms. The third kappa shape index (κ3) is 5.87. The van der Waals surface area contributed by atoms with E-state index in [4.69, 9.17) is 12.2 Å². The van der Waals surface area contributed by atoms with Gasteiger partial charge in [-0.05, 0) is 29.3 Å². The van der Waals surface area contributed by atoms with E-state index in [0.29, 0.717) is 5.69 Å². The first-order chi connectivity index (χ1) is 21.3. The maximum absolute atomic E-state index is 14.1. The van der Waals surface area contributed by atoms with Crippen LogP contribution in [0.15, 0.2) is 71.8 Å². The van der Waals surface area contributed by atoms with Crippen LogP contribution in [0.4, 0.5) is 10.5 Å². The number of fused-ring (bicyclic) bond motifs is 2. The average molecular weight is 613 g/mol. The van der Waals surface area contributed by atoms with Crippen LogP contribution in [0.2, 0.25) is 0 Å². The van der Waals surface area contributed by atoms with Gasteiger partial charge < -0.3 is 31.3 Å². The number of terminal acetylenes is 1. The van der Waals surface area contributed by atoms with Crippen LogP contribution < -0.4 is 16.4 Å². The molecule has 0 radical (unpaired) electrons. The molecule has 0 bridgehead atoms. The SMILES string of the molecule is C#CCN(C(=O)NCc1ccccc1)N1CC(=O)N2[C@@H](Cc3ccc(O)cn3)C(=O)N(Cc3cccc4c3NC(N)S4)C[C@@H]21. The second kappa shape index (κ2) is 12.5. The van der Waals surface area contributed by atoms with Crippen LogP contribution >= 0.6 is 11.8 Å². The van der Waals surface area contributed by atoms with Crippen LogP contribution in [0.3, 0.4) is 0 Å². The topological polar surface area (TPSA) is 147 Å². The molecule has 1 unspecified atom stereocenters. The van der Waals surface area contributed by atoms with Gasteiger partial charge in [-0.3, -0.25) is 14.6 Å². The predicted molar refractivity (Wildman–Crippen MR) is 164 cm³/mol. The molecule has 0 saturated carbocycles. The number of anilines is 1. The first-order valence-corrected chi connectivity index (χ1v) is 15.0. The largest absolute Gasteiger partial charge is 0.506 e. The van der Waals surface area contributed by atoms with Crippen molar-refractivity contribution in [3.05, 3.63) is 83.7 Å². The monoisotopic (exact) mass is 612 g/mol. The molecule has 0 spiro atoms. The summed E-state index contributed by atoms with van der Waals surface area (Å²) in [5.41, 5.74) is 9.06. The number of carbonyl (C=O) groups excluding carboxylic acids is 3. The second-order valence-electron chi connectivity index (χ2n) is 10.7. The number of nitrogens with two attached hydrogens (primary N) is 1. The first-order valence-electron chi connectivity index (χ1n) is 14.2. The molecule has 1 aromatic heterocycles. The summed E-state index contributed by atoms with van der Waals surface area (Å²) in [6, 6.07) is 17.1. The fraction of sp³-hybridized carbons (Fsp3) is 0.290. The number of urea groups is 1. The van der Waals surface area contributed by atoms with E-state index in [9.17, 15) is 19.5 Å². The van der Waals surface area contributed by atoms with Gasteiger partial charge in [0.25, 0.3) is 0 Å². The number of amides is 4. The highest BCUT2D eigenvalue weighted by molar-refractivity contribution is 8.00. The summed E-state index contributed by atoms with van der Waals surface area (Å²) in [4.78, 5) is 49.7. The average Bonchev–Trinajstić information content (AvgIpc) is 3.57. The number of pyridine rings is 1. The van der Waals surface area contributed by atoms with Crippen molar-refractivity contribution >= 4 is 35.3 Å². The number of thioether (sulfide) groups is 1. The number of rotatable bonds is 8. The number of piperazine rings is 1. The Morgan fingerprint density at radius 3 is 2.75 bits per heavy atom. The molecule has 3 atom stereocenters. The zero-order valence-electron chi connectivity index (χ0n) is 23.8. The molecular formula is C31H32N8O4S. The Morgan fingerprint density at radius 1 is 1.18 bits per heavy atom. The van der Waals surface area contributed by atoms with Crippen LogP contribution in [0.5, 0.6) is 5.75 Å². The van der Waals surface area contributed by atoms with Crippen LogP contribution in [-0.4, -0.2) is 85.1 Å². The molecule has 12 nitrogen and oxygen atoms in total. The van der Waals surface area contributed by atoms with Gasteiger partial charge in [0, 0.05) is 30.1 Å². The standard InChI is InChI=1S/C31H32N8O4S/c1-2-13-37(31(43)34-15-20-7-4-3-5-8-20)38-19-27(41)39-24(14-22-11-12-23(40)16-33-22)29(42)36(18-26(38)39)17-21-9-6-10-25-28(21)35-30(32)44-25/h1,3-12,16,24,26,30,35,40H,13-15,17-19,32H2,(H,34,43)/t24-,26+,30?/m0/s1. The van der Waals surface area contributed by atoms with E-state index in [2.05, 4.69) is 21.5 Å². The van der Waals surface area contributed by atoms with E-state index < -0.39 is 18.2 Å². The third-order valence-electron chi connectivity index (χ3n) is 7.86. The molecule has 226 valence electrons. The lowest BCUT2D eigenvalue weighted by molar-refractivity contribution is -0.157. The van der Waals surface area contributed by atoms with E-state index in [-0.39, 0.29) is 62.2 Å². The number of hydrogen-bond acceptors (Lipinski definition) is 9. The summed E-state index contributed by atoms with van der Waals surface area (Å²) in [7, 11) is 0. The molecule has 2 fully saturated rings. The van der Waals surface area contributed by atoms with Gasteiger partial charge in [-0.25, -0.2) is 9.80 Å². The molecule has 4 heterocycles. The van der Waals surface area contributed by atoms with Gasteiger partial charge >= 0.3 is 6.03 Å². The normalized spacial score (nSPS) is 21.0. The summed E-state index contributed by atoms with van der Waals surface area (Å²) in [6.07, 6.45) is 6.48. The van der Waals surface area contributed by atoms with Crippen molar-refractivity contribution in [2.45, 2.75) is 42.1 Å². The molecule has 2 saturated heterocycles. The van der Waals surface area contributed by atoms with Gasteiger partial charge in [-0.15, -0.1) is 6.42 Å². The lowest BCUT2D eigenvalue weighted by atomic mass is 10.0. The molecule has 5 N–H and O–H groups in total. The minimum Gasteiger partial charge on any atom is -0.506 e. The molecule has 4 amide bonds. The number of para-hydroxylation sites is 1. The Balaban J connectivity index is 1.30. The Morgan fingerprint density at radius 2 is 2.00 bits per heavy atom. The van der Waals surface area contributed by atoms with E-state index >= 15 is 0 Å². The lowest BCUT2D eigenvalue weighted by Crippen LogP contribution is -2.66. The molecule has 3 aliphatic heterocycles. The smallest absolute Gasteiger partial charge is 0.333 e. The molecule has 3 aromatic rings. The molecule has 6 rings (SSSR count). The van der Waals surface area contributed by atoms with Crippen molar-refractivity contribution in [1.82, 2.24) is 30.1 Å². The Bertz CT molecular complexity index is 1600. The van der Waals surface area contributed by atoms with Crippen molar-refractivity contribution in [3.8, 4) is 18.1 Å². The summed E-state index contributed by atoms with van der Waals surface area (Å²) >= 11 is 1.51. The molecular weight excluding hydrogens is 580 g/mol. The van der Waals surface area contributed by atoms with E-state index in [1.54, 1.807) is 20.9 Å². The van der Waals surface area contributed by atoms with Crippen LogP contribution in [-0.2, 0) is 29.1 Å². The van der Waals surface area contributed by atoms with Gasteiger partial charge in [0.05, 0.1) is 31.5 Å². The summed E-state index contributed by atoms with van der Waals surface area (Å²) < 4.78 is 0. The molecule has 2 aromatic carbocycles. The van der Waals surface area contributed by atoms with Crippen molar-refractivity contribution in [3.63, 3.8) is 0 Å². The van der Waals surface area contributed by atoms with Gasteiger partial charge in [-0.2, -0.15) is 5.01 Å². The summed E-state index contributed by atoms with van der Waals surface area (Å²) in [5.74, 6) is 2.00. The van der Waals surface area contributed by atoms with Crippen LogP contribution in [0, 0.1) is 12.3 Å². The van der Waals surface area contributed by atoms with Gasteiger partial charge in [0.2, 0.25) is 11.8 Å². The van der Waals surface area contributed by atoms with Gasteiger partial charge in [0.1, 0.15) is 23.5 Å². The quantitative estimate of drug-likeness (QED) is 0.279. The highest BCUT2D eigenvalue weighted by Gasteiger charge is 2.52. The fourth-order valence-electron chi connectivity index (χ4n) is 5.84. The lowest BCUT2D eigenvalue weighted by Gasteiger charge is -2.46. The minimum atomic E-state index is -0.885. The zero-order chi connectivity index (χ0) is 30.8. The van der Waals surface area contributed by atoms with E-state index in [1.807, 2.05) is 48.5 Å². The molecule has 3 aliphatic rings. The highest BCUT2D eigenvalue weighted by Crippen LogP contribution is 2.40. The molecule has 0 aliphatic carbocycles. The third-order valence-corrected chi connectivity index (χ3v) is 8.83. The number of nitrogens with one attached hydrogen (secondary N) is 2. The second-order valence-corrected chi connectivity index (χ2v) is 11.9. The van der Waals surface area contributed by atoms with Crippen LogP contribution in [0.1, 0.15) is 16.8 Å². The van der Waals surface area contributed by atoms with Crippen molar-refractivity contribution in [2.75, 3.05) is 25.0 Å².